The van der Waals surface area contributed by atoms with Crippen LogP contribution in [-0.4, -0.2) is 41.0 Å². The van der Waals surface area contributed by atoms with Crippen molar-refractivity contribution in [1.82, 2.24) is 9.88 Å². The van der Waals surface area contributed by atoms with E-state index < -0.39 is 0 Å². The second-order valence-corrected chi connectivity index (χ2v) is 6.62. The first-order chi connectivity index (χ1) is 11.4. The zero-order valence-corrected chi connectivity index (χ0v) is 14.9. The molecule has 1 heterocycles. The van der Waals surface area contributed by atoms with Crippen LogP contribution in [0.25, 0.3) is 0 Å². The van der Waals surface area contributed by atoms with Crippen LogP contribution in [-0.2, 0) is 9.59 Å². The van der Waals surface area contributed by atoms with E-state index in [4.69, 9.17) is 0 Å². The maximum Gasteiger partial charge on any atom is 0.243 e. The lowest BCUT2D eigenvalue weighted by Crippen LogP contribution is -2.35. The van der Waals surface area contributed by atoms with Crippen molar-refractivity contribution in [3.05, 3.63) is 53.7 Å². The van der Waals surface area contributed by atoms with E-state index in [0.717, 1.165) is 21.8 Å². The van der Waals surface area contributed by atoms with Crippen molar-refractivity contribution in [2.45, 2.75) is 18.9 Å². The summed E-state index contributed by atoms with van der Waals surface area (Å²) < 4.78 is 0. The van der Waals surface area contributed by atoms with Gasteiger partial charge in [-0.05, 0) is 37.6 Å². The van der Waals surface area contributed by atoms with Crippen LogP contribution in [0.2, 0.25) is 0 Å². The van der Waals surface area contributed by atoms with E-state index in [9.17, 15) is 9.59 Å². The largest absolute Gasteiger partial charge is 0.336 e. The fourth-order valence-electron chi connectivity index (χ4n) is 1.93. The minimum absolute atomic E-state index is 0.0224. The minimum atomic E-state index is -0.215. The fourth-order valence-corrected chi connectivity index (χ4v) is 2.71. The van der Waals surface area contributed by atoms with Gasteiger partial charge >= 0.3 is 0 Å². The Balaban J connectivity index is 1.78. The molecule has 0 saturated heterocycles. The molecule has 0 spiro atoms. The van der Waals surface area contributed by atoms with Gasteiger partial charge in [-0.25, -0.2) is 4.98 Å². The Hall–Kier alpha value is -2.34. The molecule has 0 aliphatic rings. The highest BCUT2D eigenvalue weighted by Gasteiger charge is 2.13. The van der Waals surface area contributed by atoms with Crippen LogP contribution in [0.15, 0.2) is 47.6 Å². The topological polar surface area (TPSA) is 62.3 Å². The molecular formula is C18H21N3O2S. The van der Waals surface area contributed by atoms with E-state index in [1.165, 1.54) is 16.7 Å². The molecule has 0 aliphatic heterocycles. The molecule has 0 aliphatic carbocycles. The molecule has 2 aromatic rings. The van der Waals surface area contributed by atoms with Crippen molar-refractivity contribution in [1.29, 1.82) is 0 Å². The molecule has 126 valence electrons. The van der Waals surface area contributed by atoms with E-state index >= 15 is 0 Å². The van der Waals surface area contributed by atoms with Gasteiger partial charge in [0.2, 0.25) is 11.8 Å². The third kappa shape index (κ3) is 5.70. The van der Waals surface area contributed by atoms with Crippen LogP contribution in [0.5, 0.6) is 0 Å². The number of amides is 2. The molecule has 0 unspecified atom stereocenters. The number of nitrogens with one attached hydrogen (secondary N) is 1. The van der Waals surface area contributed by atoms with Crippen LogP contribution in [0.4, 0.5) is 5.69 Å². The molecule has 0 bridgehead atoms. The number of thioether (sulfide) groups is 1. The Morgan fingerprint density at radius 2 is 1.75 bits per heavy atom. The van der Waals surface area contributed by atoms with E-state index in [-0.39, 0.29) is 24.1 Å². The second-order valence-electron chi connectivity index (χ2n) is 5.63. The van der Waals surface area contributed by atoms with Crippen LogP contribution >= 0.6 is 11.8 Å². The van der Waals surface area contributed by atoms with Gasteiger partial charge in [0.15, 0.2) is 0 Å². The first-order valence-corrected chi connectivity index (χ1v) is 8.58. The van der Waals surface area contributed by atoms with E-state index in [0.29, 0.717) is 0 Å². The summed E-state index contributed by atoms with van der Waals surface area (Å²) in [5.74, 6) is -0.0701. The van der Waals surface area contributed by atoms with Crippen molar-refractivity contribution >= 4 is 29.3 Å². The van der Waals surface area contributed by atoms with Crippen molar-refractivity contribution < 1.29 is 9.59 Å². The lowest BCUT2D eigenvalue weighted by atomic mass is 10.2. The number of rotatable bonds is 6. The first kappa shape index (κ1) is 18.0. The molecule has 1 aromatic heterocycles. The van der Waals surface area contributed by atoms with Gasteiger partial charge in [-0.1, -0.05) is 35.5 Å². The molecule has 2 rings (SSSR count). The summed E-state index contributed by atoms with van der Waals surface area (Å²) >= 11 is 1.36. The van der Waals surface area contributed by atoms with Gasteiger partial charge in [-0.2, -0.15) is 0 Å². The lowest BCUT2D eigenvalue weighted by Gasteiger charge is -2.16. The van der Waals surface area contributed by atoms with Gasteiger partial charge in [0, 0.05) is 18.9 Å². The predicted molar refractivity (Wildman–Crippen MR) is 97.1 cm³/mol. The maximum absolute atomic E-state index is 12.1. The highest BCUT2D eigenvalue weighted by atomic mass is 32.2. The molecule has 24 heavy (non-hydrogen) atoms. The number of benzene rings is 1. The summed E-state index contributed by atoms with van der Waals surface area (Å²) in [5, 5.41) is 3.58. The fraction of sp³-hybridized carbons (Fsp3) is 0.278. The van der Waals surface area contributed by atoms with Crippen LogP contribution in [0.1, 0.15) is 11.1 Å². The number of pyridine rings is 1. The highest BCUT2D eigenvalue weighted by molar-refractivity contribution is 7.99. The normalized spacial score (nSPS) is 10.3. The van der Waals surface area contributed by atoms with Crippen molar-refractivity contribution in [2.24, 2.45) is 0 Å². The Labute approximate surface area is 146 Å². The van der Waals surface area contributed by atoms with E-state index in [1.807, 2.05) is 50.2 Å². The molecular weight excluding hydrogens is 322 g/mol. The van der Waals surface area contributed by atoms with Gasteiger partial charge in [0.1, 0.15) is 0 Å². The van der Waals surface area contributed by atoms with Crippen LogP contribution in [0.3, 0.4) is 0 Å². The molecule has 1 N–H and O–H groups in total. The number of likely N-dealkylation sites (N-methyl/N-ethyl adjacent to an activating group) is 1. The average molecular weight is 343 g/mol. The number of hydrogen-bond acceptors (Lipinski definition) is 4. The number of nitrogens with zero attached hydrogens (tertiary/aromatic N) is 2. The minimum Gasteiger partial charge on any atom is -0.336 e. The van der Waals surface area contributed by atoms with Crippen molar-refractivity contribution in [3.8, 4) is 0 Å². The van der Waals surface area contributed by atoms with E-state index in [1.54, 1.807) is 13.2 Å². The highest BCUT2D eigenvalue weighted by Crippen LogP contribution is 2.15. The van der Waals surface area contributed by atoms with Crippen LogP contribution < -0.4 is 5.32 Å². The first-order valence-electron chi connectivity index (χ1n) is 7.60. The molecule has 0 atom stereocenters. The summed E-state index contributed by atoms with van der Waals surface area (Å²) in [6.07, 6.45) is 1.77. The number of carbonyl (C=O) groups excluding carboxylic acids is 2. The number of hydrogen-bond donors (Lipinski definition) is 1. The zero-order chi connectivity index (χ0) is 17.5. The monoisotopic (exact) mass is 343 g/mol. The van der Waals surface area contributed by atoms with Gasteiger partial charge in [-0.15, -0.1) is 0 Å². The number of carbonyl (C=O) groups is 2. The molecule has 0 radical (unpaired) electrons. The molecule has 6 heteroatoms. The summed E-state index contributed by atoms with van der Waals surface area (Å²) in [4.78, 5) is 29.8. The number of anilines is 1. The molecule has 2 amide bonds. The Morgan fingerprint density at radius 1 is 1.08 bits per heavy atom. The Kier molecular flexibility index (Phi) is 6.37. The quantitative estimate of drug-likeness (QED) is 0.819. The Morgan fingerprint density at radius 3 is 2.38 bits per heavy atom. The smallest absolute Gasteiger partial charge is 0.243 e. The lowest BCUT2D eigenvalue weighted by molar-refractivity contribution is -0.131. The standard InChI is InChI=1S/C18H21N3O2S/c1-13-4-7-15(8-5-13)20-16(22)11-21(3)18(23)12-24-17-9-6-14(2)10-19-17/h4-10H,11-12H2,1-3H3,(H,20,22). The predicted octanol–water partition coefficient (Wildman–Crippen LogP) is 2.89. The van der Waals surface area contributed by atoms with Crippen LogP contribution in [0, 0.1) is 13.8 Å². The summed E-state index contributed by atoms with van der Waals surface area (Å²) in [6, 6.07) is 11.4. The van der Waals surface area contributed by atoms with Crippen molar-refractivity contribution in [2.75, 3.05) is 24.7 Å². The third-order valence-corrected chi connectivity index (χ3v) is 4.30. The maximum atomic E-state index is 12.1. The van der Waals surface area contributed by atoms with Gasteiger partial charge in [0.05, 0.1) is 17.3 Å². The molecule has 1 aromatic carbocycles. The Bertz CT molecular complexity index is 699. The van der Waals surface area contributed by atoms with Gasteiger partial charge in [-0.3, -0.25) is 9.59 Å². The van der Waals surface area contributed by atoms with E-state index in [2.05, 4.69) is 10.3 Å². The summed E-state index contributed by atoms with van der Waals surface area (Å²) in [7, 11) is 1.63. The zero-order valence-electron chi connectivity index (χ0n) is 14.1. The molecule has 5 nitrogen and oxygen atoms in total. The molecule has 0 fully saturated rings. The van der Waals surface area contributed by atoms with Gasteiger partial charge in [0.25, 0.3) is 0 Å². The number of aryl methyl sites for hydroxylation is 2. The van der Waals surface area contributed by atoms with Gasteiger partial charge < -0.3 is 10.2 Å². The SMILES string of the molecule is Cc1ccc(NC(=O)CN(C)C(=O)CSc2ccc(C)cn2)cc1. The summed E-state index contributed by atoms with van der Waals surface area (Å²) in [6.45, 7) is 3.97. The average Bonchev–Trinajstić information content (AvgIpc) is 2.56. The van der Waals surface area contributed by atoms with Crippen molar-refractivity contribution in [3.63, 3.8) is 0 Å². The molecule has 0 saturated carbocycles. The number of aromatic nitrogens is 1. The summed E-state index contributed by atoms with van der Waals surface area (Å²) in [5.41, 5.74) is 2.93. The second kappa shape index (κ2) is 8.49. The third-order valence-electron chi connectivity index (χ3n) is 3.37.